The first-order valence-corrected chi connectivity index (χ1v) is 5.71. The monoisotopic (exact) mass is 212 g/mol. The first-order valence-electron chi connectivity index (χ1n) is 4.90. The van der Waals surface area contributed by atoms with E-state index in [1.165, 1.54) is 4.88 Å². The lowest BCUT2D eigenvalue weighted by Crippen LogP contribution is -2.16. The Morgan fingerprint density at radius 1 is 1.50 bits per heavy atom. The van der Waals surface area contributed by atoms with Crippen molar-refractivity contribution in [2.24, 2.45) is 0 Å². The molecule has 78 valence electrons. The maximum atomic E-state index is 5.63. The number of ether oxygens (including phenoxy) is 1. The van der Waals surface area contributed by atoms with Gasteiger partial charge in [-0.3, -0.25) is 0 Å². The van der Waals surface area contributed by atoms with Crippen molar-refractivity contribution in [3.8, 4) is 0 Å². The van der Waals surface area contributed by atoms with Gasteiger partial charge in [0.05, 0.1) is 17.2 Å². The molecule has 0 saturated carbocycles. The average Bonchev–Trinajstić information content (AvgIpc) is 2.53. The second-order valence-corrected chi connectivity index (χ2v) is 5.47. The van der Waals surface area contributed by atoms with Crippen molar-refractivity contribution in [3.05, 3.63) is 10.6 Å². The Labute approximate surface area is 88.5 Å². The van der Waals surface area contributed by atoms with E-state index < -0.39 is 0 Å². The molecular weight excluding hydrogens is 196 g/mol. The zero-order chi connectivity index (χ0) is 10.3. The summed E-state index contributed by atoms with van der Waals surface area (Å²) in [6.45, 7) is 9.08. The number of rotatable bonds is 2. The predicted octanol–water partition coefficient (Wildman–Crippen LogP) is 2.73. The van der Waals surface area contributed by atoms with E-state index in [1.54, 1.807) is 11.3 Å². The Morgan fingerprint density at radius 2 is 2.21 bits per heavy atom. The summed E-state index contributed by atoms with van der Waals surface area (Å²) in [5, 5.41) is 4.34. The van der Waals surface area contributed by atoms with E-state index in [0.717, 1.165) is 10.8 Å². The van der Waals surface area contributed by atoms with Crippen LogP contribution in [0.1, 0.15) is 38.3 Å². The molecule has 14 heavy (non-hydrogen) atoms. The van der Waals surface area contributed by atoms with Crippen LogP contribution in [-0.2, 0) is 16.9 Å². The van der Waals surface area contributed by atoms with Gasteiger partial charge in [0, 0.05) is 6.04 Å². The highest BCUT2D eigenvalue weighted by Gasteiger charge is 2.34. The topological polar surface area (TPSA) is 34.2 Å². The molecule has 1 aromatic rings. The number of hydrogen-bond donors (Lipinski definition) is 1. The number of hydrogen-bond acceptors (Lipinski definition) is 4. The molecule has 0 amide bonds. The molecule has 0 aromatic carbocycles. The Kier molecular flexibility index (Phi) is 2.27. The van der Waals surface area contributed by atoms with E-state index in [0.29, 0.717) is 12.6 Å². The molecule has 0 saturated heterocycles. The third-order valence-electron chi connectivity index (χ3n) is 2.24. The number of nitrogens with one attached hydrogen (secondary N) is 1. The Bertz CT molecular complexity index is 344. The summed E-state index contributed by atoms with van der Waals surface area (Å²) < 4.78 is 5.63. The van der Waals surface area contributed by atoms with Gasteiger partial charge in [-0.25, -0.2) is 4.98 Å². The summed E-state index contributed by atoms with van der Waals surface area (Å²) in [5.74, 6) is 0. The maximum absolute atomic E-state index is 5.63. The van der Waals surface area contributed by atoms with Crippen LogP contribution in [0.5, 0.6) is 0 Å². The lowest BCUT2D eigenvalue weighted by Gasteiger charge is -2.16. The van der Waals surface area contributed by atoms with Crippen LogP contribution < -0.4 is 5.32 Å². The van der Waals surface area contributed by atoms with Gasteiger partial charge >= 0.3 is 0 Å². The SMILES string of the molecule is CC(C)Nc1nc2c(s1)COC2(C)C. The van der Waals surface area contributed by atoms with Crippen molar-refractivity contribution in [2.75, 3.05) is 5.32 Å². The molecule has 2 heterocycles. The van der Waals surface area contributed by atoms with E-state index in [4.69, 9.17) is 4.74 Å². The highest BCUT2D eigenvalue weighted by molar-refractivity contribution is 7.15. The van der Waals surface area contributed by atoms with Gasteiger partial charge in [0.25, 0.3) is 0 Å². The van der Waals surface area contributed by atoms with Crippen LogP contribution >= 0.6 is 11.3 Å². The molecule has 0 fully saturated rings. The van der Waals surface area contributed by atoms with E-state index in [2.05, 4.69) is 38.0 Å². The van der Waals surface area contributed by atoms with Gasteiger partial charge in [0.1, 0.15) is 5.60 Å². The van der Waals surface area contributed by atoms with E-state index in [-0.39, 0.29) is 5.60 Å². The van der Waals surface area contributed by atoms with Crippen LogP contribution in [0.15, 0.2) is 0 Å². The van der Waals surface area contributed by atoms with Crippen molar-refractivity contribution in [2.45, 2.75) is 45.9 Å². The lowest BCUT2D eigenvalue weighted by atomic mass is 10.1. The normalized spacial score (nSPS) is 18.6. The number of thiazole rings is 1. The minimum absolute atomic E-state index is 0.206. The Balaban J connectivity index is 2.26. The third-order valence-corrected chi connectivity index (χ3v) is 3.20. The third kappa shape index (κ3) is 1.64. The molecular formula is C10H16N2OS. The second kappa shape index (κ2) is 3.21. The number of anilines is 1. The first-order chi connectivity index (χ1) is 6.49. The van der Waals surface area contributed by atoms with Gasteiger partial charge in [-0.1, -0.05) is 11.3 Å². The van der Waals surface area contributed by atoms with Crippen LogP contribution in [0.4, 0.5) is 5.13 Å². The molecule has 0 aliphatic carbocycles. The average molecular weight is 212 g/mol. The summed E-state index contributed by atoms with van der Waals surface area (Å²) in [6.07, 6.45) is 0. The van der Waals surface area contributed by atoms with Crippen molar-refractivity contribution in [3.63, 3.8) is 0 Å². The molecule has 0 unspecified atom stereocenters. The molecule has 0 spiro atoms. The van der Waals surface area contributed by atoms with E-state index >= 15 is 0 Å². The molecule has 0 atom stereocenters. The minimum Gasteiger partial charge on any atom is -0.364 e. The van der Waals surface area contributed by atoms with Crippen LogP contribution in [0, 0.1) is 0 Å². The predicted molar refractivity (Wildman–Crippen MR) is 58.7 cm³/mol. The summed E-state index contributed by atoms with van der Waals surface area (Å²) in [5.41, 5.74) is 0.897. The van der Waals surface area contributed by atoms with Gasteiger partial charge in [-0.05, 0) is 27.7 Å². The fourth-order valence-electron chi connectivity index (χ4n) is 1.54. The molecule has 1 aromatic heterocycles. The van der Waals surface area contributed by atoms with Crippen molar-refractivity contribution in [1.29, 1.82) is 0 Å². The van der Waals surface area contributed by atoms with E-state index in [9.17, 15) is 0 Å². The number of fused-ring (bicyclic) bond motifs is 1. The molecule has 1 N–H and O–H groups in total. The molecule has 3 nitrogen and oxygen atoms in total. The maximum Gasteiger partial charge on any atom is 0.183 e. The van der Waals surface area contributed by atoms with Gasteiger partial charge in [-0.15, -0.1) is 0 Å². The van der Waals surface area contributed by atoms with Crippen LogP contribution in [0.2, 0.25) is 0 Å². The van der Waals surface area contributed by atoms with Crippen LogP contribution in [0.3, 0.4) is 0 Å². The lowest BCUT2D eigenvalue weighted by molar-refractivity contribution is -0.00982. The zero-order valence-electron chi connectivity index (χ0n) is 9.05. The summed E-state index contributed by atoms with van der Waals surface area (Å²) in [4.78, 5) is 5.83. The van der Waals surface area contributed by atoms with Crippen molar-refractivity contribution in [1.82, 2.24) is 4.98 Å². The standard InChI is InChI=1S/C10H16N2OS/c1-6(2)11-9-12-8-7(14-9)5-13-10(8,3)4/h6H,5H2,1-4H3,(H,11,12). The number of aromatic nitrogens is 1. The second-order valence-electron chi connectivity index (χ2n) is 4.39. The van der Waals surface area contributed by atoms with Gasteiger partial charge in [0.2, 0.25) is 0 Å². The van der Waals surface area contributed by atoms with Crippen LogP contribution in [0.25, 0.3) is 0 Å². The smallest absolute Gasteiger partial charge is 0.183 e. The fourth-order valence-corrected chi connectivity index (χ4v) is 2.71. The molecule has 1 aliphatic heterocycles. The first kappa shape index (κ1) is 9.93. The summed E-state index contributed by atoms with van der Waals surface area (Å²) in [7, 11) is 0. The van der Waals surface area contributed by atoms with E-state index in [1.807, 2.05) is 0 Å². The largest absolute Gasteiger partial charge is 0.364 e. The Hall–Kier alpha value is -0.610. The minimum atomic E-state index is -0.206. The Morgan fingerprint density at radius 3 is 2.79 bits per heavy atom. The highest BCUT2D eigenvalue weighted by Crippen LogP contribution is 2.40. The molecule has 0 radical (unpaired) electrons. The number of nitrogens with zero attached hydrogens (tertiary/aromatic N) is 1. The van der Waals surface area contributed by atoms with Crippen LogP contribution in [-0.4, -0.2) is 11.0 Å². The fraction of sp³-hybridized carbons (Fsp3) is 0.700. The van der Waals surface area contributed by atoms with Gasteiger partial charge in [-0.2, -0.15) is 0 Å². The molecule has 1 aliphatic rings. The van der Waals surface area contributed by atoms with Crippen molar-refractivity contribution >= 4 is 16.5 Å². The highest BCUT2D eigenvalue weighted by atomic mass is 32.1. The molecule has 0 bridgehead atoms. The molecule has 4 heteroatoms. The zero-order valence-corrected chi connectivity index (χ0v) is 9.86. The van der Waals surface area contributed by atoms with Crippen molar-refractivity contribution < 1.29 is 4.74 Å². The summed E-state index contributed by atoms with van der Waals surface area (Å²) >= 11 is 1.71. The van der Waals surface area contributed by atoms with Gasteiger partial charge in [0.15, 0.2) is 5.13 Å². The molecule has 2 rings (SSSR count). The van der Waals surface area contributed by atoms with Gasteiger partial charge < -0.3 is 10.1 Å². The summed E-state index contributed by atoms with van der Waals surface area (Å²) in [6, 6.07) is 0.435. The quantitative estimate of drug-likeness (QED) is 0.818.